The molecule has 0 atom stereocenters. The van der Waals surface area contributed by atoms with E-state index in [1.807, 2.05) is 0 Å². The van der Waals surface area contributed by atoms with E-state index in [1.54, 1.807) is 0 Å². The number of carboxylic acid groups (broad SMARTS) is 1. The van der Waals surface area contributed by atoms with Crippen LogP contribution in [-0.4, -0.2) is 16.2 Å². The average molecular weight is 156 g/mol. The Hall–Kier alpha value is -1.78. The topological polar surface area (TPSA) is 87.7 Å². The van der Waals surface area contributed by atoms with Crippen LogP contribution >= 0.6 is 0 Å². The highest BCUT2D eigenvalue weighted by atomic mass is 16.4. The first-order valence-electron chi connectivity index (χ1n) is 2.67. The van der Waals surface area contributed by atoms with E-state index in [-0.39, 0.29) is 0 Å². The molecule has 0 unspecified atom stereocenters. The summed E-state index contributed by atoms with van der Waals surface area (Å²) < 4.78 is 4.20. The number of aromatic carboxylic acids is 1. The molecule has 0 saturated carbocycles. The van der Waals surface area contributed by atoms with Crippen molar-refractivity contribution in [3.63, 3.8) is 0 Å². The maximum absolute atomic E-state index is 10.6. The van der Waals surface area contributed by atoms with E-state index in [0.717, 1.165) is 12.3 Å². The number of hydrogen-bond donors (Lipinski definition) is 2. The highest BCUT2D eigenvalue weighted by Crippen LogP contribution is 2.10. The highest BCUT2D eigenvalue weighted by Gasteiger charge is 2.14. The van der Waals surface area contributed by atoms with Crippen LogP contribution in [0.2, 0.25) is 0 Å². The molecule has 2 N–H and O–H groups in total. The summed E-state index contributed by atoms with van der Waals surface area (Å²) in [6.45, 7) is 0. The molecule has 0 aliphatic rings. The summed E-state index contributed by atoms with van der Waals surface area (Å²) in [7, 11) is 0. The molecule has 0 radical (unpaired) electrons. The maximum atomic E-state index is 10.6. The highest BCUT2D eigenvalue weighted by molar-refractivity contribution is 5.89. The summed E-state index contributed by atoms with van der Waals surface area (Å²) in [6.07, 6.45) is 0.921. The van der Waals surface area contributed by atoms with Gasteiger partial charge in [0.05, 0.1) is 6.26 Å². The average Bonchev–Trinajstić information content (AvgIpc) is 1.85. The second kappa shape index (κ2) is 2.45. The van der Waals surface area contributed by atoms with Gasteiger partial charge in [0.2, 0.25) is 0 Å². The smallest absolute Gasteiger partial charge is 0.354 e. The third-order valence-electron chi connectivity index (χ3n) is 1.08. The predicted molar refractivity (Wildman–Crippen MR) is 33.6 cm³/mol. The molecule has 1 rings (SSSR count). The zero-order chi connectivity index (χ0) is 8.43. The minimum absolute atomic E-state index is 0.589. The quantitative estimate of drug-likeness (QED) is 0.599. The van der Waals surface area contributed by atoms with E-state index in [9.17, 15) is 9.59 Å². The van der Waals surface area contributed by atoms with Gasteiger partial charge in [0.1, 0.15) is 5.75 Å². The molecule has 0 saturated heterocycles. The molecule has 58 valence electrons. The van der Waals surface area contributed by atoms with Crippen molar-refractivity contribution in [3.05, 3.63) is 28.3 Å². The molecule has 0 aliphatic heterocycles. The number of carbonyl (C=O) groups is 1. The summed E-state index contributed by atoms with van der Waals surface area (Å²) in [5.41, 5.74) is -1.80. The lowest BCUT2D eigenvalue weighted by atomic mass is 10.3. The van der Waals surface area contributed by atoms with Gasteiger partial charge in [0.15, 0.2) is 5.56 Å². The van der Waals surface area contributed by atoms with Crippen molar-refractivity contribution in [3.8, 4) is 5.75 Å². The van der Waals surface area contributed by atoms with Crippen LogP contribution in [0.25, 0.3) is 0 Å². The molecule has 1 heterocycles. The Balaban J connectivity index is 3.45. The van der Waals surface area contributed by atoms with Gasteiger partial charge in [0, 0.05) is 6.07 Å². The molecule has 0 aromatic carbocycles. The van der Waals surface area contributed by atoms with E-state index >= 15 is 0 Å². The Bertz CT molecular complexity index is 337. The minimum atomic E-state index is -1.50. The van der Waals surface area contributed by atoms with Gasteiger partial charge < -0.3 is 14.6 Å². The summed E-state index contributed by atoms with van der Waals surface area (Å²) in [5, 5.41) is 17.1. The predicted octanol–water partition coefficient (Wildman–Crippen LogP) is 0.0436. The van der Waals surface area contributed by atoms with Gasteiger partial charge in [-0.2, -0.15) is 0 Å². The van der Waals surface area contributed by atoms with E-state index in [2.05, 4.69) is 4.42 Å². The van der Waals surface area contributed by atoms with Crippen LogP contribution in [-0.2, 0) is 0 Å². The van der Waals surface area contributed by atoms with Crippen LogP contribution in [0.1, 0.15) is 10.4 Å². The van der Waals surface area contributed by atoms with Crippen LogP contribution in [0.3, 0.4) is 0 Å². The Kier molecular flexibility index (Phi) is 1.63. The van der Waals surface area contributed by atoms with Crippen LogP contribution in [0.5, 0.6) is 5.75 Å². The first-order valence-corrected chi connectivity index (χ1v) is 2.67. The van der Waals surface area contributed by atoms with Crippen molar-refractivity contribution in [2.45, 2.75) is 0 Å². The molecular formula is C6H4O5. The van der Waals surface area contributed by atoms with E-state index in [4.69, 9.17) is 10.2 Å². The first-order chi connectivity index (χ1) is 5.13. The number of hydrogen-bond acceptors (Lipinski definition) is 4. The largest absolute Gasteiger partial charge is 0.507 e. The Morgan fingerprint density at radius 1 is 1.55 bits per heavy atom. The van der Waals surface area contributed by atoms with Crippen molar-refractivity contribution in [1.82, 2.24) is 0 Å². The lowest BCUT2D eigenvalue weighted by Crippen LogP contribution is -2.12. The number of rotatable bonds is 1. The maximum Gasteiger partial charge on any atom is 0.354 e. The summed E-state index contributed by atoms with van der Waals surface area (Å²) >= 11 is 0. The van der Waals surface area contributed by atoms with Crippen molar-refractivity contribution in [2.75, 3.05) is 0 Å². The summed E-state index contributed by atoms with van der Waals surface area (Å²) in [5.74, 6) is -2.09. The molecule has 5 heteroatoms. The van der Waals surface area contributed by atoms with Crippen LogP contribution < -0.4 is 5.63 Å². The number of carboxylic acids is 1. The van der Waals surface area contributed by atoms with Crippen molar-refractivity contribution >= 4 is 5.97 Å². The first kappa shape index (κ1) is 7.33. The van der Waals surface area contributed by atoms with E-state index < -0.39 is 22.9 Å². The fourth-order valence-corrected chi connectivity index (χ4v) is 0.604. The molecule has 0 aliphatic carbocycles. The van der Waals surface area contributed by atoms with Crippen LogP contribution in [0, 0.1) is 0 Å². The molecule has 1 aromatic rings. The minimum Gasteiger partial charge on any atom is -0.507 e. The fraction of sp³-hybridized carbons (Fsp3) is 0. The van der Waals surface area contributed by atoms with E-state index in [0.29, 0.717) is 0 Å². The van der Waals surface area contributed by atoms with Crippen LogP contribution in [0.4, 0.5) is 0 Å². The van der Waals surface area contributed by atoms with Gasteiger partial charge in [-0.15, -0.1) is 0 Å². The molecule has 0 fully saturated rings. The van der Waals surface area contributed by atoms with E-state index in [1.165, 1.54) is 0 Å². The van der Waals surface area contributed by atoms with Gasteiger partial charge in [-0.1, -0.05) is 0 Å². The third kappa shape index (κ3) is 1.21. The zero-order valence-corrected chi connectivity index (χ0v) is 5.27. The molecule has 1 aromatic heterocycles. The van der Waals surface area contributed by atoms with Crippen molar-refractivity contribution in [2.24, 2.45) is 0 Å². The molecule has 0 spiro atoms. The Labute approximate surface area is 60.5 Å². The van der Waals surface area contributed by atoms with Crippen LogP contribution in [0.15, 0.2) is 21.5 Å². The summed E-state index contributed by atoms with van der Waals surface area (Å²) in [4.78, 5) is 20.8. The molecule has 0 amide bonds. The SMILES string of the molecule is O=C(O)c1c(O)ccoc1=O. The molecule has 5 nitrogen and oxygen atoms in total. The van der Waals surface area contributed by atoms with Gasteiger partial charge in [-0.25, -0.2) is 9.59 Å². The van der Waals surface area contributed by atoms with Gasteiger partial charge in [0.25, 0.3) is 0 Å². The fourth-order valence-electron chi connectivity index (χ4n) is 0.604. The van der Waals surface area contributed by atoms with Crippen molar-refractivity contribution in [1.29, 1.82) is 0 Å². The van der Waals surface area contributed by atoms with Gasteiger partial charge in [-0.05, 0) is 0 Å². The zero-order valence-electron chi connectivity index (χ0n) is 5.27. The molecule has 11 heavy (non-hydrogen) atoms. The third-order valence-corrected chi connectivity index (χ3v) is 1.08. The lowest BCUT2D eigenvalue weighted by molar-refractivity contribution is 0.0688. The van der Waals surface area contributed by atoms with Gasteiger partial charge >= 0.3 is 11.6 Å². The standard InChI is InChI=1S/C6H4O5/c7-3-1-2-11-6(10)4(3)5(8)9/h1-2,7H,(H,8,9). The van der Waals surface area contributed by atoms with Crippen molar-refractivity contribution < 1.29 is 19.4 Å². The van der Waals surface area contributed by atoms with Gasteiger partial charge in [-0.3, -0.25) is 0 Å². The molecule has 0 bridgehead atoms. The lowest BCUT2D eigenvalue weighted by Gasteiger charge is -1.93. The number of aromatic hydroxyl groups is 1. The Morgan fingerprint density at radius 3 is 2.55 bits per heavy atom. The molecular weight excluding hydrogens is 152 g/mol. The second-order valence-electron chi connectivity index (χ2n) is 1.77. The summed E-state index contributed by atoms with van der Waals surface area (Å²) in [6, 6.07) is 0.991. The second-order valence-corrected chi connectivity index (χ2v) is 1.77. The normalized spacial score (nSPS) is 9.45. The Morgan fingerprint density at radius 2 is 2.18 bits per heavy atom. The monoisotopic (exact) mass is 156 g/mol.